The number of rotatable bonds is 1. The van der Waals surface area contributed by atoms with Crippen LogP contribution in [0.3, 0.4) is 0 Å². The molecule has 0 aliphatic rings. The molecule has 3 nitrogen and oxygen atoms in total. The fourth-order valence-corrected chi connectivity index (χ4v) is 2.52. The minimum atomic E-state index is 0.920. The molecule has 0 saturated carbocycles. The van der Waals surface area contributed by atoms with Gasteiger partial charge in [-0.3, -0.25) is 9.97 Å². The largest absolute Gasteiger partial charge is 0.361 e. The molecule has 1 N–H and O–H groups in total. The summed E-state index contributed by atoms with van der Waals surface area (Å²) in [4.78, 5) is 12.1. The first-order chi connectivity index (χ1) is 9.43. The van der Waals surface area contributed by atoms with E-state index >= 15 is 0 Å². The summed E-state index contributed by atoms with van der Waals surface area (Å²) >= 11 is 0. The number of hydrogen-bond donors (Lipinski definition) is 1. The van der Waals surface area contributed by atoms with E-state index in [-0.39, 0.29) is 0 Å². The number of aromatic nitrogens is 3. The van der Waals surface area contributed by atoms with E-state index in [2.05, 4.69) is 45.3 Å². The van der Waals surface area contributed by atoms with E-state index in [4.69, 9.17) is 0 Å². The predicted octanol–water partition coefficient (Wildman–Crippen LogP) is 3.78. The molecule has 0 bridgehead atoms. The van der Waals surface area contributed by atoms with Crippen LogP contribution in [-0.2, 0) is 0 Å². The average molecular weight is 245 g/mol. The summed E-state index contributed by atoms with van der Waals surface area (Å²) < 4.78 is 0. The fraction of sp³-hybridized carbons (Fsp3) is 0. The van der Waals surface area contributed by atoms with Crippen LogP contribution in [0.15, 0.2) is 61.1 Å². The van der Waals surface area contributed by atoms with Crippen molar-refractivity contribution in [1.82, 2.24) is 15.0 Å². The maximum absolute atomic E-state index is 4.47. The molecular weight excluding hydrogens is 234 g/mol. The minimum absolute atomic E-state index is 0.920. The lowest BCUT2D eigenvalue weighted by atomic mass is 10.0. The van der Waals surface area contributed by atoms with Crippen molar-refractivity contribution in [3.8, 4) is 11.1 Å². The molecule has 0 fully saturated rings. The first kappa shape index (κ1) is 10.3. The number of nitrogens with zero attached hydrogens (tertiary/aromatic N) is 2. The molecular formula is C16H11N3. The number of nitrogens with one attached hydrogen (secondary N) is 1. The molecule has 2 aromatic carbocycles. The summed E-state index contributed by atoms with van der Waals surface area (Å²) in [5.74, 6) is 0. The van der Waals surface area contributed by atoms with Crippen LogP contribution in [0.1, 0.15) is 0 Å². The Hall–Kier alpha value is -2.68. The van der Waals surface area contributed by atoms with Gasteiger partial charge in [-0.15, -0.1) is 0 Å². The van der Waals surface area contributed by atoms with Gasteiger partial charge in [-0.05, 0) is 17.5 Å². The van der Waals surface area contributed by atoms with Gasteiger partial charge in [0.1, 0.15) is 0 Å². The molecule has 0 spiro atoms. The molecule has 90 valence electrons. The molecule has 2 heterocycles. The standard InChI is InChI=1S/C16H11N3/c1-3-11-7-8-18-15(11)12(4-1)13-5-2-6-14-16(13)19-10-9-17-14/h1-10,18H. The van der Waals surface area contributed by atoms with Crippen LogP contribution in [0.2, 0.25) is 0 Å². The summed E-state index contributed by atoms with van der Waals surface area (Å²) in [5.41, 5.74) is 5.27. The molecule has 2 aromatic heterocycles. The van der Waals surface area contributed by atoms with Crippen LogP contribution in [0.5, 0.6) is 0 Å². The average Bonchev–Trinajstić information content (AvgIpc) is 2.95. The number of para-hydroxylation sites is 2. The third-order valence-corrected chi connectivity index (χ3v) is 3.38. The van der Waals surface area contributed by atoms with Crippen molar-refractivity contribution in [2.45, 2.75) is 0 Å². The third-order valence-electron chi connectivity index (χ3n) is 3.38. The zero-order valence-electron chi connectivity index (χ0n) is 10.2. The van der Waals surface area contributed by atoms with Crippen molar-refractivity contribution in [2.75, 3.05) is 0 Å². The highest BCUT2D eigenvalue weighted by molar-refractivity contribution is 6.01. The highest BCUT2D eigenvalue weighted by atomic mass is 14.8. The normalized spacial score (nSPS) is 11.2. The number of benzene rings is 2. The van der Waals surface area contributed by atoms with Crippen LogP contribution < -0.4 is 0 Å². The molecule has 0 atom stereocenters. The van der Waals surface area contributed by atoms with Crippen molar-refractivity contribution in [1.29, 1.82) is 0 Å². The molecule has 4 aromatic rings. The number of hydrogen-bond acceptors (Lipinski definition) is 2. The summed E-state index contributed by atoms with van der Waals surface area (Å²) in [7, 11) is 0. The van der Waals surface area contributed by atoms with Gasteiger partial charge >= 0.3 is 0 Å². The second kappa shape index (κ2) is 3.92. The highest BCUT2D eigenvalue weighted by Gasteiger charge is 2.09. The number of aromatic amines is 1. The van der Waals surface area contributed by atoms with Gasteiger partial charge in [-0.25, -0.2) is 0 Å². The van der Waals surface area contributed by atoms with Gasteiger partial charge < -0.3 is 4.98 Å². The van der Waals surface area contributed by atoms with Crippen molar-refractivity contribution in [3.63, 3.8) is 0 Å². The summed E-state index contributed by atoms with van der Waals surface area (Å²) in [6.07, 6.45) is 5.42. The number of fused-ring (bicyclic) bond motifs is 2. The van der Waals surface area contributed by atoms with Gasteiger partial charge in [0.15, 0.2) is 0 Å². The van der Waals surface area contributed by atoms with E-state index in [1.165, 1.54) is 5.39 Å². The number of H-pyrrole nitrogens is 1. The van der Waals surface area contributed by atoms with E-state index in [9.17, 15) is 0 Å². The lowest BCUT2D eigenvalue weighted by Gasteiger charge is -2.06. The lowest BCUT2D eigenvalue weighted by Crippen LogP contribution is -1.87. The Kier molecular flexibility index (Phi) is 2.12. The SMILES string of the molecule is c1cc(-c2cccc3nccnc23)c2[nH]ccc2c1. The Balaban J connectivity index is 2.12. The van der Waals surface area contributed by atoms with Gasteiger partial charge in [-0.2, -0.15) is 0 Å². The summed E-state index contributed by atoms with van der Waals surface area (Å²) in [6, 6.07) is 14.5. The molecule has 4 rings (SSSR count). The Morgan fingerprint density at radius 3 is 2.63 bits per heavy atom. The van der Waals surface area contributed by atoms with E-state index in [0.717, 1.165) is 27.7 Å². The Labute approximate surface area is 110 Å². The van der Waals surface area contributed by atoms with Gasteiger partial charge in [0.25, 0.3) is 0 Å². The highest BCUT2D eigenvalue weighted by Crippen LogP contribution is 2.31. The molecule has 0 saturated heterocycles. The quantitative estimate of drug-likeness (QED) is 0.554. The van der Waals surface area contributed by atoms with Gasteiger partial charge in [0.2, 0.25) is 0 Å². The second-order valence-electron chi connectivity index (χ2n) is 4.48. The molecule has 0 radical (unpaired) electrons. The lowest BCUT2D eigenvalue weighted by molar-refractivity contribution is 1.29. The van der Waals surface area contributed by atoms with Gasteiger partial charge in [-0.1, -0.05) is 30.3 Å². The molecule has 19 heavy (non-hydrogen) atoms. The Bertz CT molecular complexity index is 872. The van der Waals surface area contributed by atoms with E-state index in [1.807, 2.05) is 18.3 Å². The van der Waals surface area contributed by atoms with Crippen LogP contribution in [0.4, 0.5) is 0 Å². The Morgan fingerprint density at radius 2 is 1.63 bits per heavy atom. The fourth-order valence-electron chi connectivity index (χ4n) is 2.52. The smallest absolute Gasteiger partial charge is 0.0965 e. The summed E-state index contributed by atoms with van der Waals surface area (Å²) in [5, 5.41) is 1.21. The van der Waals surface area contributed by atoms with Gasteiger partial charge in [0, 0.05) is 29.7 Å². The maximum atomic E-state index is 4.47. The zero-order chi connectivity index (χ0) is 12.7. The maximum Gasteiger partial charge on any atom is 0.0965 e. The second-order valence-corrected chi connectivity index (χ2v) is 4.48. The Morgan fingerprint density at radius 1 is 0.789 bits per heavy atom. The van der Waals surface area contributed by atoms with E-state index < -0.39 is 0 Å². The molecule has 0 aliphatic heterocycles. The van der Waals surface area contributed by atoms with Crippen LogP contribution in [-0.4, -0.2) is 15.0 Å². The van der Waals surface area contributed by atoms with Crippen LogP contribution in [0.25, 0.3) is 33.1 Å². The third kappa shape index (κ3) is 1.52. The molecule has 0 unspecified atom stereocenters. The van der Waals surface area contributed by atoms with Crippen LogP contribution in [0, 0.1) is 0 Å². The molecule has 3 heteroatoms. The van der Waals surface area contributed by atoms with E-state index in [1.54, 1.807) is 12.4 Å². The summed E-state index contributed by atoms with van der Waals surface area (Å²) in [6.45, 7) is 0. The first-order valence-electron chi connectivity index (χ1n) is 6.20. The zero-order valence-corrected chi connectivity index (χ0v) is 10.2. The van der Waals surface area contributed by atoms with Crippen molar-refractivity contribution >= 4 is 21.9 Å². The predicted molar refractivity (Wildman–Crippen MR) is 76.8 cm³/mol. The first-order valence-corrected chi connectivity index (χ1v) is 6.20. The minimum Gasteiger partial charge on any atom is -0.361 e. The van der Waals surface area contributed by atoms with Crippen molar-refractivity contribution < 1.29 is 0 Å². The molecule has 0 amide bonds. The topological polar surface area (TPSA) is 41.6 Å². The molecule has 0 aliphatic carbocycles. The van der Waals surface area contributed by atoms with Gasteiger partial charge in [0.05, 0.1) is 16.6 Å². The van der Waals surface area contributed by atoms with Crippen LogP contribution >= 0.6 is 0 Å². The van der Waals surface area contributed by atoms with Crippen molar-refractivity contribution in [3.05, 3.63) is 61.1 Å². The van der Waals surface area contributed by atoms with E-state index in [0.29, 0.717) is 0 Å². The monoisotopic (exact) mass is 245 g/mol. The van der Waals surface area contributed by atoms with Crippen molar-refractivity contribution in [2.24, 2.45) is 0 Å².